The predicted molar refractivity (Wildman–Crippen MR) is 79.6 cm³/mol. The maximum atomic E-state index is 9.60. The number of nitrogens with one attached hydrogen (secondary N) is 1. The number of carbonyl (C=O) groups is 1. The van der Waals surface area contributed by atoms with Gasteiger partial charge in [0, 0.05) is 12.1 Å². The van der Waals surface area contributed by atoms with Crippen molar-refractivity contribution in [3.8, 4) is 0 Å². The zero-order chi connectivity index (χ0) is 15.0. The lowest BCUT2D eigenvalue weighted by Crippen LogP contribution is -2.46. The Kier molecular flexibility index (Phi) is 7.48. The van der Waals surface area contributed by atoms with E-state index in [2.05, 4.69) is 15.0 Å². The highest BCUT2D eigenvalue weighted by Crippen LogP contribution is 2.23. The van der Waals surface area contributed by atoms with Crippen LogP contribution in [0, 0.1) is 0 Å². The number of nitrogens with zero attached hydrogens (tertiary/aromatic N) is 1. The lowest BCUT2D eigenvalue weighted by Gasteiger charge is -2.35. The molecule has 5 heteroatoms. The second kappa shape index (κ2) is 8.60. The van der Waals surface area contributed by atoms with Crippen LogP contribution in [-0.2, 0) is 9.53 Å². The molecule has 0 aliphatic carbocycles. The van der Waals surface area contributed by atoms with Crippen LogP contribution in [0.5, 0.6) is 0 Å². The number of aliphatic hydroxyl groups is 1. The topological polar surface area (TPSA) is 61.8 Å². The van der Waals surface area contributed by atoms with Gasteiger partial charge in [0.15, 0.2) is 0 Å². The molecule has 2 aliphatic rings. The number of likely N-dealkylation sites (tertiary alicyclic amines) is 1. The molecule has 20 heavy (non-hydrogen) atoms. The van der Waals surface area contributed by atoms with Gasteiger partial charge in [-0.05, 0) is 66.1 Å². The summed E-state index contributed by atoms with van der Waals surface area (Å²) in [6, 6.07) is 1.20. The summed E-state index contributed by atoms with van der Waals surface area (Å²) in [5.41, 5.74) is -0.318. The molecule has 0 spiro atoms. The SMILES string of the molecule is CC(C)(C)OC=O.OC[C@H]1CCCN1C1CCNCC1. The maximum Gasteiger partial charge on any atom is 0.293 e. The summed E-state index contributed by atoms with van der Waals surface area (Å²) in [7, 11) is 0. The number of hydrogen-bond acceptors (Lipinski definition) is 5. The molecule has 2 aliphatic heterocycles. The normalized spacial score (nSPS) is 24.9. The molecule has 5 nitrogen and oxygen atoms in total. The Labute approximate surface area is 122 Å². The van der Waals surface area contributed by atoms with Crippen molar-refractivity contribution in [2.75, 3.05) is 26.2 Å². The van der Waals surface area contributed by atoms with Gasteiger partial charge in [-0.25, -0.2) is 0 Å². The third kappa shape index (κ3) is 6.20. The van der Waals surface area contributed by atoms with Crippen LogP contribution in [0.15, 0.2) is 0 Å². The van der Waals surface area contributed by atoms with Crippen molar-refractivity contribution in [3.63, 3.8) is 0 Å². The lowest BCUT2D eigenvalue weighted by atomic mass is 10.0. The Hall–Kier alpha value is -0.650. The fourth-order valence-corrected chi connectivity index (χ4v) is 2.82. The van der Waals surface area contributed by atoms with Gasteiger partial charge in [0.25, 0.3) is 6.47 Å². The minimum absolute atomic E-state index is 0.318. The Balaban J connectivity index is 0.000000246. The molecule has 0 radical (unpaired) electrons. The largest absolute Gasteiger partial charge is 0.462 e. The van der Waals surface area contributed by atoms with E-state index in [9.17, 15) is 9.90 Å². The molecule has 0 aromatic rings. The first-order valence-electron chi connectivity index (χ1n) is 7.66. The molecule has 2 saturated heterocycles. The van der Waals surface area contributed by atoms with Gasteiger partial charge in [0.1, 0.15) is 5.60 Å². The van der Waals surface area contributed by atoms with Crippen molar-refractivity contribution in [3.05, 3.63) is 0 Å². The number of hydrogen-bond donors (Lipinski definition) is 2. The molecule has 2 rings (SSSR count). The van der Waals surface area contributed by atoms with Gasteiger partial charge in [0.2, 0.25) is 0 Å². The minimum Gasteiger partial charge on any atom is -0.462 e. The molecule has 1 atom stereocenters. The zero-order valence-corrected chi connectivity index (χ0v) is 13.1. The van der Waals surface area contributed by atoms with Crippen molar-refractivity contribution in [2.45, 2.75) is 64.1 Å². The van der Waals surface area contributed by atoms with Crippen LogP contribution in [0.2, 0.25) is 0 Å². The predicted octanol–water partition coefficient (Wildman–Crippen LogP) is 1.15. The van der Waals surface area contributed by atoms with E-state index in [0.717, 1.165) is 19.1 Å². The molecule has 0 saturated carbocycles. The molecule has 0 bridgehead atoms. The summed E-state index contributed by atoms with van der Waals surface area (Å²) in [6.45, 7) is 9.78. The first kappa shape index (κ1) is 17.4. The van der Waals surface area contributed by atoms with Crippen LogP contribution in [0.4, 0.5) is 0 Å². The Morgan fingerprint density at radius 2 is 1.95 bits per heavy atom. The molecule has 2 heterocycles. The van der Waals surface area contributed by atoms with E-state index in [-0.39, 0.29) is 5.60 Å². The van der Waals surface area contributed by atoms with E-state index in [1.165, 1.54) is 32.2 Å². The van der Waals surface area contributed by atoms with Crippen molar-refractivity contribution >= 4 is 6.47 Å². The zero-order valence-electron chi connectivity index (χ0n) is 13.1. The highest BCUT2D eigenvalue weighted by atomic mass is 16.5. The number of carbonyl (C=O) groups excluding carboxylic acids is 1. The number of rotatable bonds is 3. The summed E-state index contributed by atoms with van der Waals surface area (Å²) in [5, 5.41) is 12.6. The van der Waals surface area contributed by atoms with Gasteiger partial charge in [-0.1, -0.05) is 0 Å². The number of aliphatic hydroxyl groups excluding tert-OH is 1. The van der Waals surface area contributed by atoms with Crippen molar-refractivity contribution in [2.24, 2.45) is 0 Å². The average molecular weight is 286 g/mol. The maximum absolute atomic E-state index is 9.60. The molecular weight excluding hydrogens is 256 g/mol. The first-order valence-corrected chi connectivity index (χ1v) is 7.66. The molecule has 0 amide bonds. The average Bonchev–Trinajstić information content (AvgIpc) is 2.87. The number of piperidine rings is 1. The smallest absolute Gasteiger partial charge is 0.293 e. The van der Waals surface area contributed by atoms with E-state index < -0.39 is 0 Å². The van der Waals surface area contributed by atoms with Crippen LogP contribution in [-0.4, -0.2) is 60.4 Å². The van der Waals surface area contributed by atoms with Gasteiger partial charge in [-0.2, -0.15) is 0 Å². The first-order chi connectivity index (χ1) is 9.48. The highest BCUT2D eigenvalue weighted by Gasteiger charge is 2.30. The van der Waals surface area contributed by atoms with E-state index in [1.807, 2.05) is 20.8 Å². The molecule has 0 aromatic carbocycles. The summed E-state index contributed by atoms with van der Waals surface area (Å²) >= 11 is 0. The molecule has 0 unspecified atom stereocenters. The molecular formula is C15H30N2O3. The van der Waals surface area contributed by atoms with Crippen LogP contribution < -0.4 is 5.32 Å². The van der Waals surface area contributed by atoms with E-state index >= 15 is 0 Å². The standard InChI is InChI=1S/C10H20N2O.C5H10O2/c13-8-10-2-1-7-12(10)9-3-5-11-6-4-9;1-5(2,3)7-4-6/h9-11,13H,1-8H2;4H,1-3H3/t10-;/m1./s1. The van der Waals surface area contributed by atoms with Crippen LogP contribution in [0.3, 0.4) is 0 Å². The van der Waals surface area contributed by atoms with E-state index in [4.69, 9.17) is 0 Å². The third-order valence-corrected chi connectivity index (χ3v) is 3.81. The quantitative estimate of drug-likeness (QED) is 0.762. The van der Waals surface area contributed by atoms with E-state index in [0.29, 0.717) is 19.1 Å². The Morgan fingerprint density at radius 1 is 1.30 bits per heavy atom. The molecule has 0 aromatic heterocycles. The van der Waals surface area contributed by atoms with Crippen molar-refractivity contribution in [1.82, 2.24) is 10.2 Å². The van der Waals surface area contributed by atoms with Crippen LogP contribution in [0.1, 0.15) is 46.5 Å². The molecule has 2 fully saturated rings. The van der Waals surface area contributed by atoms with Gasteiger partial charge >= 0.3 is 0 Å². The summed E-state index contributed by atoms with van der Waals surface area (Å²) in [4.78, 5) is 12.1. The molecule has 118 valence electrons. The minimum atomic E-state index is -0.318. The Morgan fingerprint density at radius 3 is 2.40 bits per heavy atom. The van der Waals surface area contributed by atoms with Gasteiger partial charge in [0.05, 0.1) is 6.61 Å². The van der Waals surface area contributed by atoms with Crippen LogP contribution >= 0.6 is 0 Å². The number of ether oxygens (including phenoxy) is 1. The van der Waals surface area contributed by atoms with Crippen molar-refractivity contribution < 1.29 is 14.6 Å². The van der Waals surface area contributed by atoms with Crippen LogP contribution in [0.25, 0.3) is 0 Å². The van der Waals surface area contributed by atoms with Gasteiger partial charge in [-0.15, -0.1) is 0 Å². The highest BCUT2D eigenvalue weighted by molar-refractivity contribution is 5.37. The summed E-state index contributed by atoms with van der Waals surface area (Å²) in [5.74, 6) is 0. The summed E-state index contributed by atoms with van der Waals surface area (Å²) in [6.07, 6.45) is 4.99. The summed E-state index contributed by atoms with van der Waals surface area (Å²) < 4.78 is 4.55. The van der Waals surface area contributed by atoms with Gasteiger partial charge in [-0.3, -0.25) is 9.69 Å². The third-order valence-electron chi connectivity index (χ3n) is 3.81. The fraction of sp³-hybridized carbons (Fsp3) is 0.933. The fourth-order valence-electron chi connectivity index (χ4n) is 2.82. The Bertz CT molecular complexity index is 273. The second-order valence-electron chi connectivity index (χ2n) is 6.52. The van der Waals surface area contributed by atoms with Crippen molar-refractivity contribution in [1.29, 1.82) is 0 Å². The lowest BCUT2D eigenvalue weighted by molar-refractivity contribution is -0.138. The second-order valence-corrected chi connectivity index (χ2v) is 6.52. The van der Waals surface area contributed by atoms with Gasteiger partial charge < -0.3 is 15.2 Å². The van der Waals surface area contributed by atoms with E-state index in [1.54, 1.807) is 0 Å². The molecule has 2 N–H and O–H groups in total. The monoisotopic (exact) mass is 286 g/mol.